The molecule has 2 bridgehead atoms. The van der Waals surface area contributed by atoms with Crippen molar-refractivity contribution in [2.45, 2.75) is 46.1 Å². The van der Waals surface area contributed by atoms with E-state index >= 15 is 0 Å². The Hall–Kier alpha value is -0.0800. The molecule has 3 atom stereocenters. The van der Waals surface area contributed by atoms with Gasteiger partial charge in [0.05, 0.1) is 7.11 Å². The van der Waals surface area contributed by atoms with E-state index in [1.807, 2.05) is 0 Å². The van der Waals surface area contributed by atoms with Gasteiger partial charge in [-0.1, -0.05) is 20.8 Å². The van der Waals surface area contributed by atoms with Crippen molar-refractivity contribution >= 4 is 0 Å². The number of hydrogen-bond donors (Lipinski definition) is 1. The highest BCUT2D eigenvalue weighted by molar-refractivity contribution is 5.11. The molecule has 1 N–H and O–H groups in total. The molecule has 0 aromatic heterocycles. The Balaban J connectivity index is 2.23. The third-order valence-corrected chi connectivity index (χ3v) is 4.51. The van der Waals surface area contributed by atoms with Gasteiger partial charge in [0.15, 0.2) is 0 Å². The van der Waals surface area contributed by atoms with Crippen molar-refractivity contribution in [2.24, 2.45) is 16.7 Å². The maximum absolute atomic E-state index is 5.13. The minimum absolute atomic E-state index is 0.406. The molecule has 0 heterocycles. The molecule has 2 aliphatic rings. The Morgan fingerprint density at radius 2 is 2.00 bits per heavy atom. The molecular formula is C11H21NO. The Morgan fingerprint density at radius 1 is 1.31 bits per heavy atom. The van der Waals surface area contributed by atoms with Gasteiger partial charge >= 0.3 is 0 Å². The topological polar surface area (TPSA) is 21.3 Å². The molecule has 0 aromatic carbocycles. The zero-order valence-corrected chi connectivity index (χ0v) is 9.18. The van der Waals surface area contributed by atoms with E-state index in [0.717, 1.165) is 5.92 Å². The molecule has 0 aliphatic heterocycles. The predicted molar refractivity (Wildman–Crippen MR) is 53.2 cm³/mol. The zero-order chi connectivity index (χ0) is 9.69. The number of fused-ring (bicyclic) bond motifs is 2. The molecule has 0 amide bonds. The molecule has 3 unspecified atom stereocenters. The van der Waals surface area contributed by atoms with E-state index in [2.05, 4.69) is 26.3 Å². The number of rotatable bonds is 2. The van der Waals surface area contributed by atoms with Gasteiger partial charge in [-0.05, 0) is 36.0 Å². The van der Waals surface area contributed by atoms with Crippen LogP contribution in [-0.2, 0) is 4.84 Å². The summed E-state index contributed by atoms with van der Waals surface area (Å²) in [6, 6.07) is 0.531. The van der Waals surface area contributed by atoms with Crippen molar-refractivity contribution in [3.63, 3.8) is 0 Å². The Labute approximate surface area is 81.0 Å². The first-order chi connectivity index (χ1) is 6.00. The zero-order valence-electron chi connectivity index (χ0n) is 9.18. The maximum Gasteiger partial charge on any atom is 0.0572 e. The summed E-state index contributed by atoms with van der Waals surface area (Å²) in [7, 11) is 1.73. The average Bonchev–Trinajstić information content (AvgIpc) is 2.50. The second-order valence-electron chi connectivity index (χ2n) is 5.67. The predicted octanol–water partition coefficient (Wildman–Crippen LogP) is 2.35. The fraction of sp³-hybridized carbons (Fsp3) is 1.00. The van der Waals surface area contributed by atoms with Crippen LogP contribution in [-0.4, -0.2) is 13.2 Å². The summed E-state index contributed by atoms with van der Waals surface area (Å²) in [5.74, 6) is 0.894. The van der Waals surface area contributed by atoms with Crippen LogP contribution in [0.1, 0.15) is 40.0 Å². The number of hydrogen-bond acceptors (Lipinski definition) is 2. The molecule has 0 saturated heterocycles. The SMILES string of the molecule is CONC1C2(C)CCC(C2)C1(C)C. The van der Waals surface area contributed by atoms with Gasteiger partial charge in [-0.15, -0.1) is 0 Å². The minimum atomic E-state index is 0.406. The van der Waals surface area contributed by atoms with Crippen LogP contribution < -0.4 is 5.48 Å². The molecule has 2 rings (SSSR count). The van der Waals surface area contributed by atoms with E-state index in [9.17, 15) is 0 Å². The van der Waals surface area contributed by atoms with Gasteiger partial charge in [0.1, 0.15) is 0 Å². The molecular weight excluding hydrogens is 162 g/mol. The van der Waals surface area contributed by atoms with Crippen molar-refractivity contribution in [2.75, 3.05) is 7.11 Å². The normalized spacial score (nSPS) is 47.1. The molecule has 0 aromatic rings. The lowest BCUT2D eigenvalue weighted by molar-refractivity contribution is -0.0272. The van der Waals surface area contributed by atoms with Crippen LogP contribution in [0.25, 0.3) is 0 Å². The quantitative estimate of drug-likeness (QED) is 0.663. The Kier molecular flexibility index (Phi) is 1.97. The summed E-state index contributed by atoms with van der Waals surface area (Å²) >= 11 is 0. The highest BCUT2D eigenvalue weighted by Crippen LogP contribution is 2.62. The van der Waals surface area contributed by atoms with Gasteiger partial charge in [-0.2, -0.15) is 5.48 Å². The Bertz CT molecular complexity index is 209. The second-order valence-corrected chi connectivity index (χ2v) is 5.67. The fourth-order valence-corrected chi connectivity index (χ4v) is 3.71. The van der Waals surface area contributed by atoms with Gasteiger partial charge in [0.2, 0.25) is 0 Å². The van der Waals surface area contributed by atoms with Crippen molar-refractivity contribution in [1.29, 1.82) is 0 Å². The molecule has 2 heteroatoms. The standard InChI is InChI=1S/C11H21NO/c1-10(2)8-5-6-11(3,7-8)9(10)12-13-4/h8-9,12H,5-7H2,1-4H3. The first-order valence-electron chi connectivity index (χ1n) is 5.29. The average molecular weight is 183 g/mol. The third kappa shape index (κ3) is 1.15. The largest absolute Gasteiger partial charge is 0.305 e. The van der Waals surface area contributed by atoms with Gasteiger partial charge in [-0.3, -0.25) is 0 Å². The summed E-state index contributed by atoms with van der Waals surface area (Å²) in [5.41, 5.74) is 4.09. The molecule has 2 fully saturated rings. The van der Waals surface area contributed by atoms with Crippen LogP contribution in [0.4, 0.5) is 0 Å². The molecule has 2 saturated carbocycles. The summed E-state index contributed by atoms with van der Waals surface area (Å²) in [4.78, 5) is 5.13. The fourth-order valence-electron chi connectivity index (χ4n) is 3.71. The smallest absolute Gasteiger partial charge is 0.0572 e. The monoisotopic (exact) mass is 183 g/mol. The van der Waals surface area contributed by atoms with Gasteiger partial charge < -0.3 is 4.84 Å². The van der Waals surface area contributed by atoms with E-state index < -0.39 is 0 Å². The first-order valence-corrected chi connectivity index (χ1v) is 5.29. The first kappa shape index (κ1) is 9.47. The van der Waals surface area contributed by atoms with Crippen LogP contribution in [0.2, 0.25) is 0 Å². The van der Waals surface area contributed by atoms with Crippen molar-refractivity contribution in [1.82, 2.24) is 5.48 Å². The van der Waals surface area contributed by atoms with Gasteiger partial charge in [0.25, 0.3) is 0 Å². The lowest BCUT2D eigenvalue weighted by Crippen LogP contribution is -2.49. The molecule has 2 aliphatic carbocycles. The molecule has 0 spiro atoms. The third-order valence-electron chi connectivity index (χ3n) is 4.51. The molecule has 76 valence electrons. The van der Waals surface area contributed by atoms with E-state index in [-0.39, 0.29) is 0 Å². The van der Waals surface area contributed by atoms with Crippen molar-refractivity contribution < 1.29 is 4.84 Å². The summed E-state index contributed by atoms with van der Waals surface area (Å²) in [5, 5.41) is 0. The highest BCUT2D eigenvalue weighted by Gasteiger charge is 2.59. The lowest BCUT2D eigenvalue weighted by Gasteiger charge is -2.42. The van der Waals surface area contributed by atoms with E-state index in [1.165, 1.54) is 19.3 Å². The Morgan fingerprint density at radius 3 is 2.46 bits per heavy atom. The van der Waals surface area contributed by atoms with Crippen LogP contribution in [0.3, 0.4) is 0 Å². The van der Waals surface area contributed by atoms with Crippen molar-refractivity contribution in [3.8, 4) is 0 Å². The van der Waals surface area contributed by atoms with Crippen molar-refractivity contribution in [3.05, 3.63) is 0 Å². The maximum atomic E-state index is 5.13. The number of hydroxylamine groups is 1. The van der Waals surface area contributed by atoms with Crippen LogP contribution in [0.5, 0.6) is 0 Å². The summed E-state index contributed by atoms with van der Waals surface area (Å²) in [6.07, 6.45) is 4.15. The molecule has 2 nitrogen and oxygen atoms in total. The van der Waals surface area contributed by atoms with Gasteiger partial charge in [0, 0.05) is 6.04 Å². The van der Waals surface area contributed by atoms with E-state index in [1.54, 1.807) is 7.11 Å². The van der Waals surface area contributed by atoms with Gasteiger partial charge in [-0.25, -0.2) is 0 Å². The van der Waals surface area contributed by atoms with E-state index in [0.29, 0.717) is 16.9 Å². The highest BCUT2D eigenvalue weighted by atomic mass is 16.6. The number of nitrogens with one attached hydrogen (secondary N) is 1. The van der Waals surface area contributed by atoms with Crippen LogP contribution in [0.15, 0.2) is 0 Å². The van der Waals surface area contributed by atoms with Crippen LogP contribution in [0, 0.1) is 16.7 Å². The molecule has 0 radical (unpaired) electrons. The summed E-state index contributed by atoms with van der Waals surface area (Å²) < 4.78 is 0. The lowest BCUT2D eigenvalue weighted by atomic mass is 9.69. The van der Waals surface area contributed by atoms with E-state index in [4.69, 9.17) is 4.84 Å². The molecule has 13 heavy (non-hydrogen) atoms. The summed E-state index contributed by atoms with van der Waals surface area (Å²) in [6.45, 7) is 7.15. The van der Waals surface area contributed by atoms with Crippen LogP contribution >= 0.6 is 0 Å². The second kappa shape index (κ2) is 2.71. The minimum Gasteiger partial charge on any atom is -0.305 e.